The minimum atomic E-state index is -0.445. The van der Waals surface area contributed by atoms with Crippen molar-refractivity contribution >= 4 is 28.4 Å². The number of aromatic nitrogens is 1. The van der Waals surface area contributed by atoms with Crippen molar-refractivity contribution in [2.24, 2.45) is 11.3 Å². The Balaban J connectivity index is 1.72. The average Bonchev–Trinajstić information content (AvgIpc) is 3.12. The molecule has 0 bridgehead atoms. The van der Waals surface area contributed by atoms with Gasteiger partial charge in [0.05, 0.1) is 30.3 Å². The van der Waals surface area contributed by atoms with E-state index in [9.17, 15) is 9.59 Å². The van der Waals surface area contributed by atoms with Gasteiger partial charge in [-0.05, 0) is 49.9 Å². The summed E-state index contributed by atoms with van der Waals surface area (Å²) in [5.41, 5.74) is 4.58. The highest BCUT2D eigenvalue weighted by Gasteiger charge is 2.50. The Bertz CT molecular complexity index is 1070. The summed E-state index contributed by atoms with van der Waals surface area (Å²) in [5.74, 6) is -0.740. The van der Waals surface area contributed by atoms with Crippen LogP contribution >= 0.6 is 0 Å². The van der Waals surface area contributed by atoms with Crippen LogP contribution in [0.4, 0.5) is 0 Å². The standard InChI is InChI=1S/C25H30N2O3/c1-4-25-11-7-12-26-13-10-18-17-8-5-6-9-19(17)27(22(18)23(25)26)20(15-25)21(28)14-16(2)24(29)30-3/h5-6,8-9,15-16,23H,4,7,10-14H2,1-3H3/t16-,23-,25+/m1/s1. The molecule has 5 rings (SSSR count). The molecule has 1 aromatic carbocycles. The maximum atomic E-state index is 13.6. The number of rotatable bonds is 5. The first kappa shape index (κ1) is 19.6. The fourth-order valence-corrected chi connectivity index (χ4v) is 6.15. The van der Waals surface area contributed by atoms with Gasteiger partial charge in [-0.25, -0.2) is 0 Å². The maximum absolute atomic E-state index is 13.6. The topological polar surface area (TPSA) is 51.5 Å². The molecule has 1 aromatic heterocycles. The zero-order valence-electron chi connectivity index (χ0n) is 18.1. The van der Waals surface area contributed by atoms with Gasteiger partial charge in [0.1, 0.15) is 0 Å². The van der Waals surface area contributed by atoms with E-state index in [1.54, 1.807) is 6.92 Å². The Morgan fingerprint density at radius 2 is 2.07 bits per heavy atom. The zero-order chi connectivity index (χ0) is 21.0. The summed E-state index contributed by atoms with van der Waals surface area (Å²) >= 11 is 0. The number of allylic oxidation sites excluding steroid dienone is 1. The molecule has 2 aromatic rings. The predicted octanol–water partition coefficient (Wildman–Crippen LogP) is 4.35. The number of nitrogens with zero attached hydrogens (tertiary/aromatic N) is 2. The van der Waals surface area contributed by atoms with Gasteiger partial charge in [0, 0.05) is 29.5 Å². The number of esters is 1. The molecule has 5 nitrogen and oxygen atoms in total. The van der Waals surface area contributed by atoms with Gasteiger partial charge in [-0.2, -0.15) is 0 Å². The molecule has 0 unspecified atom stereocenters. The first-order valence-electron chi connectivity index (χ1n) is 11.2. The lowest BCUT2D eigenvalue weighted by molar-refractivity contribution is -0.146. The van der Waals surface area contributed by atoms with E-state index in [1.165, 1.54) is 23.8 Å². The summed E-state index contributed by atoms with van der Waals surface area (Å²) in [4.78, 5) is 28.2. The van der Waals surface area contributed by atoms with Crippen LogP contribution in [-0.4, -0.2) is 41.4 Å². The van der Waals surface area contributed by atoms with E-state index >= 15 is 0 Å². The molecule has 0 radical (unpaired) electrons. The first-order valence-corrected chi connectivity index (χ1v) is 11.2. The Hall–Kier alpha value is -2.40. The van der Waals surface area contributed by atoms with Gasteiger partial charge in [0.25, 0.3) is 0 Å². The van der Waals surface area contributed by atoms with E-state index in [-0.39, 0.29) is 23.6 Å². The summed E-state index contributed by atoms with van der Waals surface area (Å²) in [5, 5.41) is 1.27. The van der Waals surface area contributed by atoms with Gasteiger partial charge < -0.3 is 9.30 Å². The fourth-order valence-electron chi connectivity index (χ4n) is 6.15. The number of ether oxygens (including phenoxy) is 1. The van der Waals surface area contributed by atoms with E-state index < -0.39 is 5.92 Å². The van der Waals surface area contributed by atoms with Crippen molar-refractivity contribution in [1.29, 1.82) is 0 Å². The van der Waals surface area contributed by atoms with Crippen LogP contribution in [0.3, 0.4) is 0 Å². The molecule has 30 heavy (non-hydrogen) atoms. The van der Waals surface area contributed by atoms with E-state index in [4.69, 9.17) is 4.74 Å². The van der Waals surface area contributed by atoms with E-state index in [0.717, 1.165) is 50.0 Å². The Morgan fingerprint density at radius 3 is 2.83 bits per heavy atom. The minimum absolute atomic E-state index is 0.0166. The summed E-state index contributed by atoms with van der Waals surface area (Å²) < 4.78 is 7.10. The molecule has 158 valence electrons. The predicted molar refractivity (Wildman–Crippen MR) is 117 cm³/mol. The van der Waals surface area contributed by atoms with Crippen LogP contribution in [0.25, 0.3) is 16.6 Å². The summed E-state index contributed by atoms with van der Waals surface area (Å²) in [6.45, 7) is 6.25. The summed E-state index contributed by atoms with van der Waals surface area (Å²) in [7, 11) is 1.38. The van der Waals surface area contributed by atoms with Crippen molar-refractivity contribution in [3.05, 3.63) is 41.6 Å². The molecule has 3 aliphatic rings. The van der Waals surface area contributed by atoms with Crippen LogP contribution in [-0.2, 0) is 20.7 Å². The van der Waals surface area contributed by atoms with Crippen molar-refractivity contribution in [3.63, 3.8) is 0 Å². The number of piperidine rings is 1. The third-order valence-electron chi connectivity index (χ3n) is 7.63. The smallest absolute Gasteiger partial charge is 0.308 e. The lowest BCUT2D eigenvalue weighted by atomic mass is 9.66. The monoisotopic (exact) mass is 406 g/mol. The summed E-state index contributed by atoms with van der Waals surface area (Å²) in [6.07, 6.45) is 6.75. The van der Waals surface area contributed by atoms with Gasteiger partial charge in [-0.15, -0.1) is 0 Å². The number of benzene rings is 1. The number of carbonyl (C=O) groups excluding carboxylic acids is 2. The van der Waals surface area contributed by atoms with Crippen molar-refractivity contribution in [3.8, 4) is 0 Å². The van der Waals surface area contributed by atoms with Gasteiger partial charge >= 0.3 is 5.97 Å². The molecule has 0 N–H and O–H groups in total. The minimum Gasteiger partial charge on any atom is -0.469 e. The Labute approximate surface area is 177 Å². The first-order chi connectivity index (χ1) is 14.5. The van der Waals surface area contributed by atoms with Gasteiger partial charge in [-0.1, -0.05) is 32.0 Å². The van der Waals surface area contributed by atoms with Crippen molar-refractivity contribution in [2.45, 2.75) is 52.0 Å². The number of hydrogen-bond acceptors (Lipinski definition) is 4. The van der Waals surface area contributed by atoms with Crippen LogP contribution in [0.1, 0.15) is 56.8 Å². The van der Waals surface area contributed by atoms with Crippen molar-refractivity contribution in [1.82, 2.24) is 9.47 Å². The largest absolute Gasteiger partial charge is 0.469 e. The average molecular weight is 407 g/mol. The molecule has 0 spiro atoms. The summed E-state index contributed by atoms with van der Waals surface area (Å²) in [6, 6.07) is 8.81. The number of ketones is 1. The normalized spacial score (nSPS) is 26.1. The second kappa shape index (κ2) is 7.09. The van der Waals surface area contributed by atoms with Gasteiger partial charge in [-0.3, -0.25) is 14.5 Å². The molecular weight excluding hydrogens is 376 g/mol. The van der Waals surface area contributed by atoms with E-state index in [2.05, 4.69) is 46.7 Å². The molecule has 3 aliphatic heterocycles. The maximum Gasteiger partial charge on any atom is 0.308 e. The molecule has 0 amide bonds. The highest BCUT2D eigenvalue weighted by Crippen LogP contribution is 2.57. The number of hydrogen-bond donors (Lipinski definition) is 0. The fraction of sp³-hybridized carbons (Fsp3) is 0.520. The Morgan fingerprint density at radius 1 is 1.27 bits per heavy atom. The SMILES string of the molecule is CC[C@@]12C=C(C(=O)C[C@@H](C)C(=O)OC)n3c4c(c5ccccc53)CCN(CCC1)[C@H]42. The molecule has 4 heterocycles. The van der Waals surface area contributed by atoms with Crippen molar-refractivity contribution in [2.75, 3.05) is 20.2 Å². The molecule has 1 saturated heterocycles. The second-order valence-corrected chi connectivity index (χ2v) is 9.18. The molecule has 3 atom stereocenters. The number of fused-ring (bicyclic) bond motifs is 3. The number of Topliss-reactive ketones (excluding diaryl/α,β-unsaturated/α-hetero) is 1. The second-order valence-electron chi connectivity index (χ2n) is 9.18. The lowest BCUT2D eigenvalue weighted by Crippen LogP contribution is -2.51. The van der Waals surface area contributed by atoms with Gasteiger partial charge in [0.15, 0.2) is 5.78 Å². The van der Waals surface area contributed by atoms with Crippen LogP contribution < -0.4 is 0 Å². The van der Waals surface area contributed by atoms with E-state index in [0.29, 0.717) is 6.04 Å². The molecule has 1 fully saturated rings. The van der Waals surface area contributed by atoms with Gasteiger partial charge in [0.2, 0.25) is 0 Å². The highest BCUT2D eigenvalue weighted by molar-refractivity contribution is 6.18. The van der Waals surface area contributed by atoms with Crippen LogP contribution in [0.2, 0.25) is 0 Å². The third kappa shape index (κ3) is 2.64. The van der Waals surface area contributed by atoms with Crippen LogP contribution in [0.15, 0.2) is 30.3 Å². The highest BCUT2D eigenvalue weighted by atomic mass is 16.5. The Kier molecular flexibility index (Phi) is 4.62. The number of para-hydroxylation sites is 1. The number of carbonyl (C=O) groups is 2. The van der Waals surface area contributed by atoms with Crippen molar-refractivity contribution < 1.29 is 14.3 Å². The van der Waals surface area contributed by atoms with E-state index in [1.807, 2.05) is 0 Å². The zero-order valence-corrected chi connectivity index (χ0v) is 18.1. The molecule has 5 heteroatoms. The number of methoxy groups -OCH3 is 1. The molecule has 0 saturated carbocycles. The van der Waals surface area contributed by atoms with Crippen LogP contribution in [0, 0.1) is 11.3 Å². The third-order valence-corrected chi connectivity index (χ3v) is 7.63. The molecule has 0 aliphatic carbocycles. The quantitative estimate of drug-likeness (QED) is 0.693. The molecular formula is C25H30N2O3. The lowest BCUT2D eigenvalue weighted by Gasteiger charge is -2.53. The van der Waals surface area contributed by atoms with Crippen LogP contribution in [0.5, 0.6) is 0 Å².